The number of amides is 1. The lowest BCUT2D eigenvalue weighted by Gasteiger charge is -2.22. The topological polar surface area (TPSA) is 110 Å². The molecule has 0 saturated carbocycles. The van der Waals surface area contributed by atoms with Crippen molar-refractivity contribution in [1.82, 2.24) is 0 Å². The number of sulfonamides is 2. The molecular formula is C18H18N2O6S2. The normalized spacial score (nSPS) is 22.4. The van der Waals surface area contributed by atoms with Gasteiger partial charge in [-0.2, -0.15) is 20.5 Å². The largest absolute Gasteiger partial charge is 0.368 e. The van der Waals surface area contributed by atoms with Crippen LogP contribution >= 0.6 is 0 Å². The maximum Gasteiger partial charge on any atom is 0.279 e. The zero-order valence-corrected chi connectivity index (χ0v) is 16.4. The molecule has 0 radical (unpaired) electrons. The molecule has 28 heavy (non-hydrogen) atoms. The van der Waals surface area contributed by atoms with Crippen LogP contribution in [-0.2, 0) is 29.6 Å². The molecule has 0 spiro atoms. The van der Waals surface area contributed by atoms with E-state index in [0.29, 0.717) is 16.7 Å². The lowest BCUT2D eigenvalue weighted by molar-refractivity contribution is -0.129. The van der Waals surface area contributed by atoms with Crippen molar-refractivity contribution in [2.75, 3.05) is 15.6 Å². The summed E-state index contributed by atoms with van der Waals surface area (Å²) in [6, 6.07) is 11.2. The number of fused-ring (bicyclic) bond motifs is 1. The monoisotopic (exact) mass is 422 g/mol. The molecule has 4 rings (SSSR count). The molecule has 1 N–H and O–H groups in total. The van der Waals surface area contributed by atoms with Gasteiger partial charge in [0.2, 0.25) is 0 Å². The minimum Gasteiger partial charge on any atom is -0.368 e. The Morgan fingerprint density at radius 1 is 0.964 bits per heavy atom. The second-order valence-corrected chi connectivity index (χ2v) is 10.3. The predicted molar refractivity (Wildman–Crippen MR) is 102 cm³/mol. The van der Waals surface area contributed by atoms with Crippen LogP contribution in [0.4, 0.5) is 11.4 Å². The van der Waals surface area contributed by atoms with Crippen LogP contribution in [0.5, 0.6) is 0 Å². The van der Waals surface area contributed by atoms with E-state index in [1.165, 1.54) is 42.5 Å². The third-order valence-electron chi connectivity index (χ3n) is 4.64. The molecule has 2 aliphatic rings. The first kappa shape index (κ1) is 18.9. The molecule has 1 fully saturated rings. The van der Waals surface area contributed by atoms with Crippen LogP contribution in [0, 0.1) is 0 Å². The number of carbonyl (C=O) groups excluding carboxylic acids is 1. The maximum atomic E-state index is 12.8. The summed E-state index contributed by atoms with van der Waals surface area (Å²) in [7, 11) is -8.53. The number of benzene rings is 2. The van der Waals surface area contributed by atoms with Gasteiger partial charge in [-0.05, 0) is 49.6 Å². The number of hydrogen-bond donors (Lipinski definition) is 1. The van der Waals surface area contributed by atoms with Crippen molar-refractivity contribution in [3.8, 4) is 0 Å². The van der Waals surface area contributed by atoms with Gasteiger partial charge in [0.25, 0.3) is 26.0 Å². The second-order valence-electron chi connectivity index (χ2n) is 6.55. The Morgan fingerprint density at radius 3 is 2.25 bits per heavy atom. The molecule has 0 bridgehead atoms. The lowest BCUT2D eigenvalue weighted by atomic mass is 10.1. The van der Waals surface area contributed by atoms with E-state index in [0.717, 1.165) is 12.8 Å². The van der Waals surface area contributed by atoms with Crippen LogP contribution in [0.25, 0.3) is 0 Å². The zero-order valence-electron chi connectivity index (χ0n) is 14.7. The molecule has 2 aliphatic heterocycles. The number of anilines is 2. The van der Waals surface area contributed by atoms with Gasteiger partial charge >= 0.3 is 0 Å². The minimum atomic E-state index is -4.26. The summed E-state index contributed by atoms with van der Waals surface area (Å²) >= 11 is 0. The molecule has 10 heteroatoms. The highest BCUT2D eigenvalue weighted by Crippen LogP contribution is 2.40. The van der Waals surface area contributed by atoms with E-state index in [1.807, 2.05) is 0 Å². The van der Waals surface area contributed by atoms with Gasteiger partial charge in [0.15, 0.2) is 0 Å². The van der Waals surface area contributed by atoms with Gasteiger partial charge in [-0.15, -0.1) is 0 Å². The Hall–Kier alpha value is -2.43. The van der Waals surface area contributed by atoms with Crippen molar-refractivity contribution in [2.24, 2.45) is 0 Å². The molecule has 2 aromatic rings. The summed E-state index contributed by atoms with van der Waals surface area (Å²) in [5.41, 5.74) is 0.219. The van der Waals surface area contributed by atoms with E-state index >= 15 is 0 Å². The average Bonchev–Trinajstić information content (AvgIpc) is 2.85. The van der Waals surface area contributed by atoms with E-state index < -0.39 is 26.2 Å². The molecule has 148 valence electrons. The Kier molecular flexibility index (Phi) is 4.64. The van der Waals surface area contributed by atoms with E-state index in [-0.39, 0.29) is 27.1 Å². The van der Waals surface area contributed by atoms with Crippen LogP contribution in [0.2, 0.25) is 0 Å². The van der Waals surface area contributed by atoms with Crippen LogP contribution in [0.15, 0.2) is 58.3 Å². The number of ether oxygens (including phenoxy) is 1. The highest BCUT2D eigenvalue weighted by Gasteiger charge is 2.47. The van der Waals surface area contributed by atoms with Crippen molar-refractivity contribution in [2.45, 2.75) is 35.2 Å². The summed E-state index contributed by atoms with van der Waals surface area (Å²) in [6.45, 7) is 0.515. The number of rotatable bonds is 3. The van der Waals surface area contributed by atoms with Crippen LogP contribution in [0.3, 0.4) is 0 Å². The summed E-state index contributed by atoms with van der Waals surface area (Å²) < 4.78 is 57.1. The first-order chi connectivity index (χ1) is 13.3. The molecule has 0 aliphatic carbocycles. The van der Waals surface area contributed by atoms with E-state index in [4.69, 9.17) is 4.74 Å². The van der Waals surface area contributed by atoms with Crippen LogP contribution in [-0.4, -0.2) is 35.5 Å². The SMILES string of the molecule is O=C(Nc1cccc(N2S(=O)(=O)c3ccccc3S2(=O)=O)c1)C1CCCCO1. The fraction of sp³-hybridized carbons (Fsp3) is 0.278. The second kappa shape index (κ2) is 6.87. The fourth-order valence-electron chi connectivity index (χ4n) is 3.33. The number of hydrogen-bond acceptors (Lipinski definition) is 6. The van der Waals surface area contributed by atoms with Crippen molar-refractivity contribution in [3.05, 3.63) is 48.5 Å². The van der Waals surface area contributed by atoms with Gasteiger partial charge in [0.05, 0.1) is 5.69 Å². The van der Waals surface area contributed by atoms with Gasteiger partial charge in [0, 0.05) is 12.3 Å². The molecule has 0 aromatic heterocycles. The molecule has 2 aromatic carbocycles. The van der Waals surface area contributed by atoms with Crippen molar-refractivity contribution < 1.29 is 26.4 Å². The Bertz CT molecular complexity index is 1090. The predicted octanol–water partition coefficient (Wildman–Crippen LogP) is 2.09. The summed E-state index contributed by atoms with van der Waals surface area (Å²) in [4.78, 5) is 11.8. The standard InChI is InChI=1S/C18H18N2O6S2/c21-18(15-8-3-4-11-26-15)19-13-6-5-7-14(12-13)20-27(22,23)16-9-1-2-10-17(16)28(20,24)25/h1-2,5-7,9-10,12,15H,3-4,8,11H2,(H,19,21). The third kappa shape index (κ3) is 3.07. The van der Waals surface area contributed by atoms with E-state index in [2.05, 4.69) is 5.32 Å². The van der Waals surface area contributed by atoms with Gasteiger partial charge in [-0.25, -0.2) is 0 Å². The summed E-state index contributed by atoms with van der Waals surface area (Å²) in [5, 5.41) is 2.67. The molecule has 8 nitrogen and oxygen atoms in total. The molecular weight excluding hydrogens is 404 g/mol. The molecule has 1 amide bonds. The Labute approximate surface area is 163 Å². The lowest BCUT2D eigenvalue weighted by Crippen LogP contribution is -2.33. The maximum absolute atomic E-state index is 12.8. The van der Waals surface area contributed by atoms with Gasteiger partial charge < -0.3 is 10.1 Å². The van der Waals surface area contributed by atoms with Gasteiger partial charge in [-0.1, -0.05) is 18.2 Å². The summed E-state index contributed by atoms with van der Waals surface area (Å²) in [6.07, 6.45) is 1.84. The summed E-state index contributed by atoms with van der Waals surface area (Å²) in [5.74, 6) is -0.340. The quantitative estimate of drug-likeness (QED) is 0.811. The first-order valence-electron chi connectivity index (χ1n) is 8.74. The highest BCUT2D eigenvalue weighted by molar-refractivity contribution is 8.12. The van der Waals surface area contributed by atoms with Gasteiger partial charge in [0.1, 0.15) is 15.9 Å². The van der Waals surface area contributed by atoms with E-state index in [1.54, 1.807) is 6.07 Å². The minimum absolute atomic E-state index is 0.0708. The van der Waals surface area contributed by atoms with E-state index in [9.17, 15) is 21.6 Å². The Morgan fingerprint density at radius 2 is 1.64 bits per heavy atom. The molecule has 1 saturated heterocycles. The van der Waals surface area contributed by atoms with Crippen LogP contribution in [0.1, 0.15) is 19.3 Å². The number of carbonyl (C=O) groups is 1. The average molecular weight is 422 g/mol. The molecule has 2 heterocycles. The number of nitrogens with zero attached hydrogens (tertiary/aromatic N) is 1. The Balaban J connectivity index is 1.67. The van der Waals surface area contributed by atoms with Gasteiger partial charge in [-0.3, -0.25) is 4.79 Å². The number of nitrogens with one attached hydrogen (secondary N) is 1. The molecule has 1 unspecified atom stereocenters. The van der Waals surface area contributed by atoms with Crippen molar-refractivity contribution in [1.29, 1.82) is 0 Å². The molecule has 1 atom stereocenters. The fourth-order valence-corrected chi connectivity index (χ4v) is 7.76. The van der Waals surface area contributed by atoms with Crippen molar-refractivity contribution in [3.63, 3.8) is 0 Å². The third-order valence-corrected chi connectivity index (χ3v) is 9.06. The smallest absolute Gasteiger partial charge is 0.279 e. The highest BCUT2D eigenvalue weighted by atomic mass is 32.3. The first-order valence-corrected chi connectivity index (χ1v) is 11.6. The zero-order chi connectivity index (χ0) is 19.9. The van der Waals surface area contributed by atoms with Crippen LogP contribution < -0.4 is 9.03 Å². The van der Waals surface area contributed by atoms with Crippen molar-refractivity contribution >= 4 is 37.3 Å².